The predicted molar refractivity (Wildman–Crippen MR) is 249 cm³/mol. The molecule has 1 unspecified atom stereocenters. The molecule has 1 aromatic heterocycles. The monoisotopic (exact) mass is 924 g/mol. The predicted octanol–water partition coefficient (Wildman–Crippen LogP) is 9.53. The van der Waals surface area contributed by atoms with E-state index in [1.165, 1.54) is 36.8 Å². The third kappa shape index (κ3) is 25.3. The number of carbonyl (C=O) groups excluding carboxylic acids is 3. The zero-order valence-electron chi connectivity index (χ0n) is 40.7. The molecule has 2 N–H and O–H groups in total. The number of allylic oxidation sites excluding steroid dienone is 3. The topological polar surface area (TPSA) is 182 Å². The fraction of sp³-hybridized carbons (Fsp3) is 0.780. The summed E-state index contributed by atoms with van der Waals surface area (Å²) in [6.45, 7) is 8.10. The minimum atomic E-state index is -4.72. The van der Waals surface area contributed by atoms with Gasteiger partial charge in [0.1, 0.15) is 37.1 Å². The second-order valence-corrected chi connectivity index (χ2v) is 20.3. The highest BCUT2D eigenvalue weighted by Gasteiger charge is 2.39. The number of aliphatic hydroxyl groups is 2. The van der Waals surface area contributed by atoms with Crippen molar-refractivity contribution < 1.29 is 61.5 Å². The van der Waals surface area contributed by atoms with E-state index in [2.05, 4.69) is 27.7 Å². The molecule has 1 aliphatic rings. The van der Waals surface area contributed by atoms with E-state index in [0.717, 1.165) is 82.1 Å². The zero-order chi connectivity index (χ0) is 47.4. The van der Waals surface area contributed by atoms with Crippen LogP contribution in [0.4, 0.5) is 0 Å². The number of esters is 2. The van der Waals surface area contributed by atoms with Crippen LogP contribution >= 0.6 is 7.82 Å². The van der Waals surface area contributed by atoms with Gasteiger partial charge in [-0.05, 0) is 69.9 Å². The molecule has 0 bridgehead atoms. The number of hydrogen-bond donors (Lipinski definition) is 2. The number of rotatable bonds is 37. The molecule has 1 heterocycles. The zero-order valence-corrected chi connectivity index (χ0v) is 41.6. The summed E-state index contributed by atoms with van der Waals surface area (Å²) in [6, 6.07) is 0. The van der Waals surface area contributed by atoms with E-state index in [4.69, 9.17) is 22.9 Å². The number of ketones is 1. The Bertz CT molecular complexity index is 1580. The van der Waals surface area contributed by atoms with Crippen LogP contribution in [0.3, 0.4) is 0 Å². The summed E-state index contributed by atoms with van der Waals surface area (Å²) in [7, 11) is 0.982. The van der Waals surface area contributed by atoms with Gasteiger partial charge < -0.3 is 42.5 Å². The highest BCUT2D eigenvalue weighted by molar-refractivity contribution is 7.45. The normalized spacial score (nSPS) is 18.8. The van der Waals surface area contributed by atoms with Crippen LogP contribution in [0.25, 0.3) is 0 Å². The summed E-state index contributed by atoms with van der Waals surface area (Å²) in [5, 5.41) is 20.8. The first-order chi connectivity index (χ1) is 30.5. The Kier molecular flexibility index (Phi) is 28.9. The molecule has 1 aliphatic carbocycles. The fourth-order valence-electron chi connectivity index (χ4n) is 7.81. The molecular formula is C50H86NO12P. The molecule has 14 heteroatoms. The minimum absolute atomic E-state index is 0.0268. The van der Waals surface area contributed by atoms with Gasteiger partial charge in [-0.1, -0.05) is 109 Å². The van der Waals surface area contributed by atoms with Crippen LogP contribution < -0.4 is 4.89 Å². The number of ether oxygens (including phenoxy) is 2. The third-order valence-electron chi connectivity index (χ3n) is 12.1. The molecule has 1 aromatic rings. The number of hydrogen-bond acceptors (Lipinski definition) is 12. The summed E-state index contributed by atoms with van der Waals surface area (Å²) in [5.74, 6) is 0.474. The second-order valence-electron chi connectivity index (χ2n) is 18.8. The molecule has 6 atom stereocenters. The SMILES string of the molecule is CCCCCc1oc(CCCCCCCCCCC(=O)OC[C@H](COP(=O)([O-])OCC[N+](C)(C)C)OC(=O)CCC/C=C\C[C@H]2[C@@H](O)CC(=O)[C@@H]2/C=C/[C@@H](O)CCCCC)c(C)c1C. The number of furan rings is 1. The van der Waals surface area contributed by atoms with Crippen molar-refractivity contribution in [2.75, 3.05) is 47.5 Å². The molecule has 13 nitrogen and oxygen atoms in total. The lowest BCUT2D eigenvalue weighted by molar-refractivity contribution is -0.870. The summed E-state index contributed by atoms with van der Waals surface area (Å²) in [4.78, 5) is 50.5. The number of aryl methyl sites for hydroxylation is 2. The van der Waals surface area contributed by atoms with Gasteiger partial charge >= 0.3 is 11.9 Å². The first kappa shape index (κ1) is 57.5. The summed E-state index contributed by atoms with van der Waals surface area (Å²) in [5.41, 5.74) is 2.62. The Labute approximate surface area is 385 Å². The molecule has 0 aliphatic heterocycles. The van der Waals surface area contributed by atoms with Crippen LogP contribution in [0.5, 0.6) is 0 Å². The summed E-state index contributed by atoms with van der Waals surface area (Å²) >= 11 is 0. The number of quaternary nitrogens is 1. The Morgan fingerprint density at radius 1 is 0.828 bits per heavy atom. The first-order valence-electron chi connectivity index (χ1n) is 24.5. The molecule has 368 valence electrons. The Balaban J connectivity index is 1.75. The number of Topliss-reactive ketones (excluding diaryl/α,β-unsaturated/α-hetero) is 1. The van der Waals surface area contributed by atoms with Gasteiger partial charge in [0.25, 0.3) is 7.82 Å². The smallest absolute Gasteiger partial charge is 0.306 e. The van der Waals surface area contributed by atoms with E-state index >= 15 is 0 Å². The first-order valence-corrected chi connectivity index (χ1v) is 26.0. The van der Waals surface area contributed by atoms with Crippen LogP contribution in [0.15, 0.2) is 28.7 Å². The van der Waals surface area contributed by atoms with Crippen LogP contribution in [-0.4, -0.2) is 98.2 Å². The highest BCUT2D eigenvalue weighted by Crippen LogP contribution is 2.38. The quantitative estimate of drug-likeness (QED) is 0.0212. The molecule has 0 amide bonds. The van der Waals surface area contributed by atoms with Gasteiger partial charge in [0, 0.05) is 43.9 Å². The third-order valence-corrected chi connectivity index (χ3v) is 13.0. The van der Waals surface area contributed by atoms with E-state index in [1.54, 1.807) is 12.2 Å². The average Bonchev–Trinajstić information content (AvgIpc) is 3.66. The molecule has 0 radical (unpaired) electrons. The largest absolute Gasteiger partial charge is 0.756 e. The second kappa shape index (κ2) is 32.1. The summed E-state index contributed by atoms with van der Waals surface area (Å²) in [6.07, 6.45) is 24.0. The highest BCUT2D eigenvalue weighted by atomic mass is 31.2. The maximum Gasteiger partial charge on any atom is 0.306 e. The van der Waals surface area contributed by atoms with Gasteiger partial charge in [-0.2, -0.15) is 0 Å². The van der Waals surface area contributed by atoms with E-state index < -0.39 is 50.6 Å². The van der Waals surface area contributed by atoms with Crippen LogP contribution in [0, 0.1) is 25.7 Å². The van der Waals surface area contributed by atoms with Gasteiger partial charge in [-0.25, -0.2) is 0 Å². The van der Waals surface area contributed by atoms with Gasteiger partial charge in [-0.3, -0.25) is 18.9 Å². The van der Waals surface area contributed by atoms with Crippen molar-refractivity contribution in [1.82, 2.24) is 0 Å². The molecular weight excluding hydrogens is 838 g/mol. The molecule has 64 heavy (non-hydrogen) atoms. The van der Waals surface area contributed by atoms with Crippen molar-refractivity contribution in [1.29, 1.82) is 0 Å². The average molecular weight is 924 g/mol. The lowest BCUT2D eigenvalue weighted by Crippen LogP contribution is -2.37. The van der Waals surface area contributed by atoms with E-state index in [0.29, 0.717) is 43.1 Å². The molecule has 0 spiro atoms. The lowest BCUT2D eigenvalue weighted by Gasteiger charge is -2.28. The van der Waals surface area contributed by atoms with Crippen molar-refractivity contribution in [2.24, 2.45) is 11.8 Å². The number of carbonyl (C=O) groups is 3. The Morgan fingerprint density at radius 3 is 2.06 bits per heavy atom. The number of phosphoric acid groups is 1. The van der Waals surface area contributed by atoms with E-state index in [-0.39, 0.29) is 44.2 Å². The maximum atomic E-state index is 12.8. The Morgan fingerprint density at radius 2 is 1.42 bits per heavy atom. The van der Waals surface area contributed by atoms with Crippen molar-refractivity contribution in [3.8, 4) is 0 Å². The lowest BCUT2D eigenvalue weighted by atomic mass is 9.90. The maximum absolute atomic E-state index is 12.8. The van der Waals surface area contributed by atoms with Gasteiger partial charge in [-0.15, -0.1) is 0 Å². The van der Waals surface area contributed by atoms with Gasteiger partial charge in [0.05, 0.1) is 40.0 Å². The van der Waals surface area contributed by atoms with Crippen LogP contribution in [0.2, 0.25) is 0 Å². The molecule has 1 saturated carbocycles. The van der Waals surface area contributed by atoms with E-state index in [9.17, 15) is 34.1 Å². The van der Waals surface area contributed by atoms with Crippen molar-refractivity contribution >= 4 is 25.5 Å². The van der Waals surface area contributed by atoms with Crippen molar-refractivity contribution in [3.63, 3.8) is 0 Å². The number of unbranched alkanes of at least 4 members (excludes halogenated alkanes) is 12. The van der Waals surface area contributed by atoms with Crippen LogP contribution in [-0.2, 0) is 50.3 Å². The Hall–Kier alpha value is -2.64. The molecule has 1 fully saturated rings. The number of aliphatic hydroxyl groups excluding tert-OH is 2. The minimum Gasteiger partial charge on any atom is -0.756 e. The standard InChI is InChI=1S/C50H86NO12P/c1-8-10-20-26-41(52)32-33-44-43(45(53)36-46(44)54)27-22-18-19-25-31-50(56)62-42(38-61-64(57,58)60-35-34-51(5,6)7)37-59-49(55)30-24-17-15-13-12-14-16-23-29-48-40(4)39(3)47(63-48)28-21-11-9-2/h18,22,32-33,41-45,52-53H,8-17,19-21,23-31,34-38H2,1-7H3/b22-18-,33-32+/t41-,42+,43+,44+,45-/m0/s1. The number of likely N-dealkylation sites (N-methyl/N-ethyl adjacent to an activating group) is 1. The van der Waals surface area contributed by atoms with Crippen molar-refractivity contribution in [2.45, 2.75) is 194 Å². The number of phosphoric ester groups is 1. The number of nitrogens with zero attached hydrogens (tertiary/aromatic N) is 1. The van der Waals surface area contributed by atoms with E-state index in [1.807, 2.05) is 33.3 Å². The fourth-order valence-corrected chi connectivity index (χ4v) is 8.54. The van der Waals surface area contributed by atoms with Crippen molar-refractivity contribution in [3.05, 3.63) is 47.0 Å². The summed E-state index contributed by atoms with van der Waals surface area (Å²) < 4.78 is 40.2. The van der Waals surface area contributed by atoms with Gasteiger partial charge in [0.2, 0.25) is 0 Å². The molecule has 2 rings (SSSR count). The van der Waals surface area contributed by atoms with Gasteiger partial charge in [0.15, 0.2) is 6.10 Å². The van der Waals surface area contributed by atoms with Crippen LogP contribution in [0.1, 0.15) is 171 Å². The molecule has 0 aromatic carbocycles. The molecule has 0 saturated heterocycles.